The van der Waals surface area contributed by atoms with Gasteiger partial charge < -0.3 is 0 Å². The van der Waals surface area contributed by atoms with Gasteiger partial charge in [-0.05, 0) is 24.6 Å². The van der Waals surface area contributed by atoms with Gasteiger partial charge in [0.25, 0.3) is 0 Å². The molecule has 0 saturated carbocycles. The number of hydrogen-bond donors (Lipinski definition) is 0. The normalized spacial score (nSPS) is 18.6. The van der Waals surface area contributed by atoms with Gasteiger partial charge in [0.1, 0.15) is 10.7 Å². The van der Waals surface area contributed by atoms with Crippen LogP contribution in [-0.2, 0) is 10.0 Å². The van der Waals surface area contributed by atoms with Gasteiger partial charge in [0.05, 0.1) is 0 Å². The van der Waals surface area contributed by atoms with Crippen LogP contribution < -0.4 is 0 Å². The van der Waals surface area contributed by atoms with Crippen LogP contribution in [0.25, 0.3) is 0 Å². The van der Waals surface area contributed by atoms with E-state index in [2.05, 4.69) is 0 Å². The molecule has 0 bridgehead atoms. The van der Waals surface area contributed by atoms with Crippen molar-refractivity contribution in [1.29, 1.82) is 0 Å². The first-order valence-electron chi connectivity index (χ1n) is 5.52. The first-order valence-corrected chi connectivity index (χ1v) is 9.45. The van der Waals surface area contributed by atoms with Crippen molar-refractivity contribution in [1.82, 2.24) is 4.31 Å². The molecule has 0 aromatic heterocycles. The highest BCUT2D eigenvalue weighted by atomic mass is 33.1. The monoisotopic (exact) mass is 307 g/mol. The molecule has 1 aromatic carbocycles. The summed E-state index contributed by atoms with van der Waals surface area (Å²) in [6, 6.07) is 4.23. The fourth-order valence-corrected chi connectivity index (χ4v) is 5.40. The number of halogens is 1. The molecule has 0 N–H and O–H groups in total. The van der Waals surface area contributed by atoms with Gasteiger partial charge in [-0.1, -0.05) is 27.7 Å². The summed E-state index contributed by atoms with van der Waals surface area (Å²) in [5, 5.41) is 0. The van der Waals surface area contributed by atoms with E-state index in [4.69, 9.17) is 0 Å². The summed E-state index contributed by atoms with van der Waals surface area (Å²) >= 11 is 0. The van der Waals surface area contributed by atoms with E-state index >= 15 is 0 Å². The fraction of sp³-hybridized carbons (Fsp3) is 0.455. The van der Waals surface area contributed by atoms with E-state index in [1.54, 1.807) is 34.6 Å². The summed E-state index contributed by atoms with van der Waals surface area (Å²) in [7, 11) is -0.393. The number of rotatable bonds is 2. The maximum absolute atomic E-state index is 13.8. The highest BCUT2D eigenvalue weighted by molar-refractivity contribution is 8.76. The summed E-state index contributed by atoms with van der Waals surface area (Å²) in [5.41, 5.74) is 0.716. The minimum atomic E-state index is -3.70. The molecule has 0 aliphatic carbocycles. The van der Waals surface area contributed by atoms with Gasteiger partial charge in [0.15, 0.2) is 0 Å². The minimum Gasteiger partial charge on any atom is -0.207 e. The average molecular weight is 307 g/mol. The second-order valence-electron chi connectivity index (χ2n) is 3.98. The Kier molecular flexibility index (Phi) is 4.58. The van der Waals surface area contributed by atoms with Crippen molar-refractivity contribution in [2.75, 3.05) is 24.6 Å². The lowest BCUT2D eigenvalue weighted by atomic mass is 10.2. The standard InChI is InChI=1S/C11H14FNO2S3/c1-9-2-3-11(10(12)8-9)18(14,15)13-4-6-16-17-7-5-13/h2-3,8H,4-7H2,1H3. The van der Waals surface area contributed by atoms with Gasteiger partial charge in [0.2, 0.25) is 10.0 Å². The second kappa shape index (κ2) is 5.81. The van der Waals surface area contributed by atoms with E-state index in [0.29, 0.717) is 18.7 Å². The van der Waals surface area contributed by atoms with Crippen molar-refractivity contribution < 1.29 is 12.8 Å². The molecule has 18 heavy (non-hydrogen) atoms. The Morgan fingerprint density at radius 3 is 2.39 bits per heavy atom. The zero-order chi connectivity index (χ0) is 13.2. The molecule has 2 rings (SSSR count). The summed E-state index contributed by atoms with van der Waals surface area (Å²) < 4.78 is 39.8. The van der Waals surface area contributed by atoms with Crippen LogP contribution in [0, 0.1) is 12.7 Å². The van der Waals surface area contributed by atoms with Crippen LogP contribution in [0.3, 0.4) is 0 Å². The number of nitrogens with zero attached hydrogens (tertiary/aromatic N) is 1. The molecule has 1 aliphatic heterocycles. The summed E-state index contributed by atoms with van der Waals surface area (Å²) in [6.45, 7) is 2.61. The molecule has 0 radical (unpaired) electrons. The quantitative estimate of drug-likeness (QED) is 0.787. The molecule has 0 spiro atoms. The van der Waals surface area contributed by atoms with Crippen LogP contribution in [0.5, 0.6) is 0 Å². The van der Waals surface area contributed by atoms with Crippen LogP contribution in [-0.4, -0.2) is 37.3 Å². The van der Waals surface area contributed by atoms with Gasteiger partial charge >= 0.3 is 0 Å². The Bertz CT molecular complexity index is 525. The smallest absolute Gasteiger partial charge is 0.207 e. The Morgan fingerprint density at radius 1 is 1.22 bits per heavy atom. The summed E-state index contributed by atoms with van der Waals surface area (Å²) in [5.74, 6) is 0.800. The molecule has 3 nitrogen and oxygen atoms in total. The molecule has 1 saturated heterocycles. The molecule has 0 amide bonds. The second-order valence-corrected chi connectivity index (χ2v) is 8.59. The third-order valence-corrected chi connectivity index (χ3v) is 6.93. The number of hydrogen-bond acceptors (Lipinski definition) is 4. The molecule has 7 heteroatoms. The third-order valence-electron chi connectivity index (χ3n) is 2.64. The molecular weight excluding hydrogens is 293 g/mol. The first kappa shape index (κ1) is 14.2. The minimum absolute atomic E-state index is 0.218. The van der Waals surface area contributed by atoms with Crippen LogP contribution in [0.15, 0.2) is 23.1 Å². The zero-order valence-corrected chi connectivity index (χ0v) is 12.4. The lowest BCUT2D eigenvalue weighted by molar-refractivity contribution is 0.445. The molecule has 1 aromatic rings. The lowest BCUT2D eigenvalue weighted by Gasteiger charge is -2.19. The van der Waals surface area contributed by atoms with E-state index in [1.165, 1.54) is 16.4 Å². The maximum Gasteiger partial charge on any atom is 0.246 e. The Labute approximate surface area is 115 Å². The van der Waals surface area contributed by atoms with Gasteiger partial charge in [-0.3, -0.25) is 0 Å². The molecule has 1 aliphatic rings. The number of benzene rings is 1. The highest BCUT2D eigenvalue weighted by Gasteiger charge is 2.28. The Hall–Kier alpha value is -0.240. The predicted octanol–water partition coefficient (Wildman–Crippen LogP) is 2.52. The molecule has 100 valence electrons. The SMILES string of the molecule is Cc1ccc(S(=O)(=O)N2CCSSCC2)c(F)c1. The van der Waals surface area contributed by atoms with E-state index in [0.717, 1.165) is 11.5 Å². The molecule has 0 atom stereocenters. The first-order chi connectivity index (χ1) is 8.51. The van der Waals surface area contributed by atoms with Gasteiger partial charge in [0, 0.05) is 24.6 Å². The zero-order valence-electron chi connectivity index (χ0n) is 9.93. The van der Waals surface area contributed by atoms with Crippen molar-refractivity contribution in [2.24, 2.45) is 0 Å². The van der Waals surface area contributed by atoms with Gasteiger partial charge in [-0.25, -0.2) is 12.8 Å². The maximum atomic E-state index is 13.8. The molecule has 1 heterocycles. The van der Waals surface area contributed by atoms with Crippen LogP contribution in [0.2, 0.25) is 0 Å². The van der Waals surface area contributed by atoms with E-state index < -0.39 is 15.8 Å². The van der Waals surface area contributed by atoms with Gasteiger partial charge in [-0.2, -0.15) is 4.31 Å². The van der Waals surface area contributed by atoms with E-state index in [9.17, 15) is 12.8 Å². The van der Waals surface area contributed by atoms with E-state index in [-0.39, 0.29) is 4.90 Å². The molecular formula is C11H14FNO2S3. The van der Waals surface area contributed by atoms with Crippen molar-refractivity contribution in [3.8, 4) is 0 Å². The lowest BCUT2D eigenvalue weighted by Crippen LogP contribution is -2.34. The molecule has 0 unspecified atom stereocenters. The number of sulfonamides is 1. The van der Waals surface area contributed by atoms with Crippen LogP contribution in [0.4, 0.5) is 4.39 Å². The van der Waals surface area contributed by atoms with Crippen molar-refractivity contribution >= 4 is 31.6 Å². The third kappa shape index (κ3) is 3.01. The Balaban J connectivity index is 2.34. The number of aryl methyl sites for hydroxylation is 1. The van der Waals surface area contributed by atoms with Crippen molar-refractivity contribution in [3.63, 3.8) is 0 Å². The summed E-state index contributed by atoms with van der Waals surface area (Å²) in [6.07, 6.45) is 0. The van der Waals surface area contributed by atoms with Crippen molar-refractivity contribution in [2.45, 2.75) is 11.8 Å². The summed E-state index contributed by atoms with van der Waals surface area (Å²) in [4.78, 5) is -0.218. The fourth-order valence-electron chi connectivity index (χ4n) is 1.70. The largest absolute Gasteiger partial charge is 0.246 e. The van der Waals surface area contributed by atoms with Crippen LogP contribution in [0.1, 0.15) is 5.56 Å². The van der Waals surface area contributed by atoms with Gasteiger partial charge in [-0.15, -0.1) is 0 Å². The predicted molar refractivity (Wildman–Crippen MR) is 74.8 cm³/mol. The van der Waals surface area contributed by atoms with E-state index in [1.807, 2.05) is 0 Å². The highest BCUT2D eigenvalue weighted by Crippen LogP contribution is 2.27. The molecule has 1 fully saturated rings. The van der Waals surface area contributed by atoms with Crippen molar-refractivity contribution in [3.05, 3.63) is 29.6 Å². The average Bonchev–Trinajstić information content (AvgIpc) is 2.57. The topological polar surface area (TPSA) is 37.4 Å². The van der Waals surface area contributed by atoms with Crippen LogP contribution >= 0.6 is 21.6 Å². The Morgan fingerprint density at radius 2 is 1.83 bits per heavy atom.